The van der Waals surface area contributed by atoms with Gasteiger partial charge in [0.05, 0.1) is 4.90 Å². The third kappa shape index (κ3) is 3.66. The summed E-state index contributed by atoms with van der Waals surface area (Å²) in [6.07, 6.45) is 0.352. The van der Waals surface area contributed by atoms with Crippen LogP contribution in [-0.4, -0.2) is 27.4 Å². The number of amides is 1. The van der Waals surface area contributed by atoms with Crippen molar-refractivity contribution in [2.75, 3.05) is 18.0 Å². The average molecular weight is 344 g/mol. The van der Waals surface area contributed by atoms with Crippen LogP contribution in [0.5, 0.6) is 0 Å². The number of hydrogen-bond acceptors (Lipinski definition) is 3. The first-order chi connectivity index (χ1) is 11.5. The minimum Gasteiger partial charge on any atom is -0.312 e. The zero-order chi connectivity index (χ0) is 17.2. The Bertz CT molecular complexity index is 834. The summed E-state index contributed by atoms with van der Waals surface area (Å²) < 4.78 is 27.4. The molecule has 24 heavy (non-hydrogen) atoms. The molecule has 0 bridgehead atoms. The fraction of sp³-hybridized carbons (Fsp3) is 0.278. The van der Waals surface area contributed by atoms with E-state index in [1.165, 1.54) is 0 Å². The Morgan fingerprint density at radius 2 is 1.88 bits per heavy atom. The Hall–Kier alpha value is -2.18. The topological polar surface area (TPSA) is 66.5 Å². The molecule has 1 atom stereocenters. The predicted molar refractivity (Wildman–Crippen MR) is 93.3 cm³/mol. The van der Waals surface area contributed by atoms with Gasteiger partial charge in [-0.05, 0) is 42.7 Å². The largest absolute Gasteiger partial charge is 0.312 e. The van der Waals surface area contributed by atoms with E-state index in [-0.39, 0.29) is 23.3 Å². The number of para-hydroxylation sites is 1. The number of nitrogens with zero attached hydrogens (tertiary/aromatic N) is 1. The standard InChI is InChI=1S/C18H20N2O3S/c1-14-6-5-9-17(10-14)24(22,23)19-12-15-11-18(21)20(13-15)16-7-3-2-4-8-16/h2-10,15,19H,11-13H2,1H3. The number of aryl methyl sites for hydroxylation is 1. The third-order valence-corrected chi connectivity index (χ3v) is 5.56. The van der Waals surface area contributed by atoms with Crippen LogP contribution in [0.25, 0.3) is 0 Å². The minimum atomic E-state index is -3.55. The number of benzene rings is 2. The number of anilines is 1. The highest BCUT2D eigenvalue weighted by atomic mass is 32.2. The summed E-state index contributed by atoms with van der Waals surface area (Å²) >= 11 is 0. The molecule has 1 saturated heterocycles. The first-order valence-electron chi connectivity index (χ1n) is 7.87. The predicted octanol–water partition coefficient (Wildman–Crippen LogP) is 2.33. The number of carbonyl (C=O) groups excluding carboxylic acids is 1. The van der Waals surface area contributed by atoms with Crippen molar-refractivity contribution in [2.45, 2.75) is 18.2 Å². The molecule has 1 amide bonds. The van der Waals surface area contributed by atoms with Gasteiger partial charge in [-0.1, -0.05) is 30.3 Å². The third-order valence-electron chi connectivity index (χ3n) is 4.13. The van der Waals surface area contributed by atoms with Gasteiger partial charge in [-0.2, -0.15) is 0 Å². The molecule has 1 aliphatic rings. The van der Waals surface area contributed by atoms with Crippen molar-refractivity contribution >= 4 is 21.6 Å². The van der Waals surface area contributed by atoms with Gasteiger partial charge in [0.1, 0.15) is 0 Å². The quantitative estimate of drug-likeness (QED) is 0.905. The second-order valence-corrected chi connectivity index (χ2v) is 7.85. The zero-order valence-electron chi connectivity index (χ0n) is 13.5. The van der Waals surface area contributed by atoms with Crippen molar-refractivity contribution in [1.29, 1.82) is 0 Å². The fourth-order valence-electron chi connectivity index (χ4n) is 2.87. The molecule has 3 rings (SSSR count). The average Bonchev–Trinajstić information content (AvgIpc) is 2.95. The van der Waals surface area contributed by atoms with Crippen LogP contribution >= 0.6 is 0 Å². The Morgan fingerprint density at radius 3 is 2.58 bits per heavy atom. The molecule has 2 aromatic rings. The number of carbonyl (C=O) groups is 1. The molecule has 2 aromatic carbocycles. The highest BCUT2D eigenvalue weighted by Gasteiger charge is 2.31. The molecule has 0 radical (unpaired) electrons. The normalized spacial score (nSPS) is 18.1. The van der Waals surface area contributed by atoms with E-state index in [4.69, 9.17) is 0 Å². The van der Waals surface area contributed by atoms with Crippen LogP contribution in [0, 0.1) is 12.8 Å². The molecule has 1 heterocycles. The van der Waals surface area contributed by atoms with Crippen molar-refractivity contribution in [3.8, 4) is 0 Å². The SMILES string of the molecule is Cc1cccc(S(=O)(=O)NCC2CC(=O)N(c3ccccc3)C2)c1. The summed E-state index contributed by atoms with van der Waals surface area (Å²) in [6, 6.07) is 16.2. The summed E-state index contributed by atoms with van der Waals surface area (Å²) in [5.74, 6) is -0.00163. The summed E-state index contributed by atoms with van der Waals surface area (Å²) in [5.41, 5.74) is 1.75. The molecule has 1 fully saturated rings. The Labute approximate surface area is 142 Å². The van der Waals surface area contributed by atoms with E-state index in [0.717, 1.165) is 11.3 Å². The van der Waals surface area contributed by atoms with Crippen molar-refractivity contribution in [1.82, 2.24) is 4.72 Å². The first-order valence-corrected chi connectivity index (χ1v) is 9.36. The molecule has 0 saturated carbocycles. The van der Waals surface area contributed by atoms with Crippen LogP contribution in [0.3, 0.4) is 0 Å². The zero-order valence-corrected chi connectivity index (χ0v) is 14.3. The van der Waals surface area contributed by atoms with E-state index in [9.17, 15) is 13.2 Å². The second-order valence-electron chi connectivity index (χ2n) is 6.08. The lowest BCUT2D eigenvalue weighted by atomic mass is 10.1. The van der Waals surface area contributed by atoms with Gasteiger partial charge in [0.25, 0.3) is 0 Å². The second kappa shape index (κ2) is 6.75. The summed E-state index contributed by atoms with van der Waals surface area (Å²) in [6.45, 7) is 2.64. The Morgan fingerprint density at radius 1 is 1.12 bits per heavy atom. The van der Waals surface area contributed by atoms with Crippen LogP contribution in [0.1, 0.15) is 12.0 Å². The number of hydrogen-bond donors (Lipinski definition) is 1. The molecule has 1 unspecified atom stereocenters. The Balaban J connectivity index is 1.65. The van der Waals surface area contributed by atoms with Crippen molar-refractivity contribution in [2.24, 2.45) is 5.92 Å². The summed E-state index contributed by atoms with van der Waals surface area (Å²) in [4.78, 5) is 14.1. The molecular formula is C18H20N2O3S. The van der Waals surface area contributed by atoms with Gasteiger partial charge in [0.15, 0.2) is 0 Å². The molecule has 0 aromatic heterocycles. The maximum Gasteiger partial charge on any atom is 0.240 e. The summed E-state index contributed by atoms with van der Waals surface area (Å²) in [5, 5.41) is 0. The lowest BCUT2D eigenvalue weighted by Gasteiger charge is -2.17. The van der Waals surface area contributed by atoms with E-state index in [1.54, 1.807) is 23.1 Å². The summed E-state index contributed by atoms with van der Waals surface area (Å²) in [7, 11) is -3.55. The smallest absolute Gasteiger partial charge is 0.240 e. The molecule has 0 aliphatic carbocycles. The highest BCUT2D eigenvalue weighted by molar-refractivity contribution is 7.89. The van der Waals surface area contributed by atoms with Gasteiger partial charge in [-0.3, -0.25) is 4.79 Å². The van der Waals surface area contributed by atoms with Gasteiger partial charge in [-0.25, -0.2) is 13.1 Å². The van der Waals surface area contributed by atoms with Crippen LogP contribution in [0.15, 0.2) is 59.5 Å². The number of nitrogens with one attached hydrogen (secondary N) is 1. The Kier molecular flexibility index (Phi) is 4.69. The molecule has 1 aliphatic heterocycles. The van der Waals surface area contributed by atoms with Crippen molar-refractivity contribution in [3.63, 3.8) is 0 Å². The lowest BCUT2D eigenvalue weighted by molar-refractivity contribution is -0.117. The van der Waals surface area contributed by atoms with E-state index in [1.807, 2.05) is 43.3 Å². The molecular weight excluding hydrogens is 324 g/mol. The molecule has 5 nitrogen and oxygen atoms in total. The molecule has 0 spiro atoms. The number of rotatable bonds is 5. The van der Waals surface area contributed by atoms with Gasteiger partial charge < -0.3 is 4.90 Å². The van der Waals surface area contributed by atoms with Crippen LogP contribution in [-0.2, 0) is 14.8 Å². The van der Waals surface area contributed by atoms with Gasteiger partial charge in [0, 0.05) is 25.2 Å². The van der Waals surface area contributed by atoms with E-state index < -0.39 is 10.0 Å². The highest BCUT2D eigenvalue weighted by Crippen LogP contribution is 2.24. The van der Waals surface area contributed by atoms with Crippen LogP contribution in [0.2, 0.25) is 0 Å². The van der Waals surface area contributed by atoms with Crippen LogP contribution in [0.4, 0.5) is 5.69 Å². The lowest BCUT2D eigenvalue weighted by Crippen LogP contribution is -2.31. The fourth-order valence-corrected chi connectivity index (χ4v) is 4.09. The minimum absolute atomic E-state index is 0.0287. The van der Waals surface area contributed by atoms with E-state index in [0.29, 0.717) is 13.0 Å². The maximum atomic E-state index is 12.4. The van der Waals surface area contributed by atoms with E-state index >= 15 is 0 Å². The number of sulfonamides is 1. The van der Waals surface area contributed by atoms with Gasteiger partial charge in [0.2, 0.25) is 15.9 Å². The molecule has 126 valence electrons. The van der Waals surface area contributed by atoms with Crippen LogP contribution < -0.4 is 9.62 Å². The van der Waals surface area contributed by atoms with E-state index in [2.05, 4.69) is 4.72 Å². The first kappa shape index (κ1) is 16.7. The molecule has 6 heteroatoms. The van der Waals surface area contributed by atoms with Crippen molar-refractivity contribution in [3.05, 3.63) is 60.2 Å². The van der Waals surface area contributed by atoms with Gasteiger partial charge in [-0.15, -0.1) is 0 Å². The van der Waals surface area contributed by atoms with Crippen molar-refractivity contribution < 1.29 is 13.2 Å². The molecule has 1 N–H and O–H groups in total. The van der Waals surface area contributed by atoms with Gasteiger partial charge >= 0.3 is 0 Å². The monoisotopic (exact) mass is 344 g/mol. The maximum absolute atomic E-state index is 12.4.